The number of anilines is 1. The number of aromatic nitrogens is 2. The molecule has 3 fully saturated rings. The normalized spacial score (nSPS) is 28.4. The maximum absolute atomic E-state index is 16.1. The largest absolute Gasteiger partial charge is 0.394 e. The summed E-state index contributed by atoms with van der Waals surface area (Å²) in [4.78, 5) is 28.8. The van der Waals surface area contributed by atoms with Crippen molar-refractivity contribution in [2.24, 2.45) is 5.92 Å². The van der Waals surface area contributed by atoms with Crippen LogP contribution >= 0.6 is 8.53 Å². The molecule has 3 aliphatic heterocycles. The number of hydrogen-bond acceptors (Lipinski definition) is 8. The summed E-state index contributed by atoms with van der Waals surface area (Å²) in [6.45, 7) is 6.12. The van der Waals surface area contributed by atoms with Gasteiger partial charge in [0.2, 0.25) is 5.91 Å². The topological polar surface area (TPSA) is 115 Å². The molecule has 0 radical (unpaired) electrons. The fourth-order valence-electron chi connectivity index (χ4n) is 6.52. The number of nitrogens with zero attached hydrogens (tertiary/aromatic N) is 3. The number of hydrogen-bond donors (Lipinski definition) is 2. The molecule has 240 valence electrons. The molecule has 10 nitrogen and oxygen atoms in total. The number of rotatable bonds is 10. The Morgan fingerprint density at radius 2 is 1.80 bits per heavy atom. The molecule has 2 N–H and O–H groups in total. The maximum atomic E-state index is 16.1. The first-order valence-electron chi connectivity index (χ1n) is 15.5. The van der Waals surface area contributed by atoms with E-state index in [0.717, 1.165) is 30.0 Å². The third kappa shape index (κ3) is 6.42. The summed E-state index contributed by atoms with van der Waals surface area (Å²) in [5.41, 5.74) is -0.782. The highest BCUT2D eigenvalue weighted by atomic mass is 31.2. The molecule has 0 aliphatic carbocycles. The standard InChI is InChI=1S/C32H40FN4O6PSi/c1-21(2)30(39)34-27-16-18-36(32(40)35-27)31-28(33)29(25(19-38)41-31)43-44-37-17-10-15-24(37)26(42-44)20-45(3,22-11-6-4-7-12-22)23-13-8-5-9-14-23/h4-9,11-14,16,18,21,24-26,28-29,31,38H,10,15,17,19-20H2,1-3H3,(H,34,35,39,40)/t24-,25-,26+,28+,29?,31-,44+/m1/s1. The zero-order chi connectivity index (χ0) is 31.7. The van der Waals surface area contributed by atoms with E-state index in [-0.39, 0.29) is 29.8 Å². The van der Waals surface area contributed by atoms with Crippen LogP contribution in [0.15, 0.2) is 77.7 Å². The SMILES string of the molecule is CC(C)C(=O)Nc1ccn([C@@H]2O[C@H](CO)C(O[P@]3O[C@@H](C[Si](C)(c4ccccc4)c4ccccc4)[C@H]4CCCN43)[C@@H]2F)c(=O)n1. The van der Waals surface area contributed by atoms with Gasteiger partial charge in [0, 0.05) is 24.7 Å². The summed E-state index contributed by atoms with van der Waals surface area (Å²) < 4.78 is 38.3. The molecule has 3 aromatic rings. The van der Waals surface area contributed by atoms with Crippen molar-refractivity contribution in [3.8, 4) is 0 Å². The third-order valence-electron chi connectivity index (χ3n) is 9.10. The van der Waals surface area contributed by atoms with Gasteiger partial charge in [-0.15, -0.1) is 0 Å². The van der Waals surface area contributed by atoms with E-state index in [1.165, 1.54) is 22.6 Å². The first-order valence-corrected chi connectivity index (χ1v) is 19.3. The lowest BCUT2D eigenvalue weighted by Gasteiger charge is -2.32. The number of amides is 1. The van der Waals surface area contributed by atoms with Crippen molar-refractivity contribution < 1.29 is 28.1 Å². The van der Waals surface area contributed by atoms with Crippen LogP contribution in [-0.2, 0) is 18.6 Å². The van der Waals surface area contributed by atoms with Crippen LogP contribution in [0, 0.1) is 5.92 Å². The molecule has 1 unspecified atom stereocenters. The summed E-state index contributed by atoms with van der Waals surface area (Å²) >= 11 is 0. The summed E-state index contributed by atoms with van der Waals surface area (Å²) in [7, 11) is -3.85. The zero-order valence-corrected chi connectivity index (χ0v) is 27.6. The fraction of sp³-hybridized carbons (Fsp3) is 0.469. The zero-order valence-electron chi connectivity index (χ0n) is 25.7. The molecule has 2 aromatic carbocycles. The van der Waals surface area contributed by atoms with E-state index in [4.69, 9.17) is 13.8 Å². The van der Waals surface area contributed by atoms with E-state index in [1.807, 2.05) is 12.1 Å². The minimum absolute atomic E-state index is 0.0744. The van der Waals surface area contributed by atoms with Gasteiger partial charge < -0.3 is 24.2 Å². The molecule has 4 heterocycles. The number of halogens is 1. The molecule has 0 saturated carbocycles. The van der Waals surface area contributed by atoms with E-state index >= 15 is 4.39 Å². The van der Waals surface area contributed by atoms with Gasteiger partial charge in [0.25, 0.3) is 8.53 Å². The monoisotopic (exact) mass is 654 g/mol. The van der Waals surface area contributed by atoms with Crippen LogP contribution in [-0.4, -0.2) is 77.0 Å². The maximum Gasteiger partial charge on any atom is 0.351 e. The van der Waals surface area contributed by atoms with E-state index in [9.17, 15) is 14.7 Å². The molecule has 7 atom stereocenters. The Bertz CT molecular complexity index is 1500. The smallest absolute Gasteiger partial charge is 0.351 e. The second-order valence-electron chi connectivity index (χ2n) is 12.4. The van der Waals surface area contributed by atoms with Gasteiger partial charge in [-0.1, -0.05) is 91.4 Å². The van der Waals surface area contributed by atoms with Crippen LogP contribution in [0.1, 0.15) is 32.9 Å². The Kier molecular flexibility index (Phi) is 9.63. The number of fused-ring (bicyclic) bond motifs is 1. The summed E-state index contributed by atoms with van der Waals surface area (Å²) in [5, 5.41) is 15.4. The lowest BCUT2D eigenvalue weighted by atomic mass is 10.1. The van der Waals surface area contributed by atoms with Gasteiger partial charge in [-0.3, -0.25) is 9.36 Å². The number of aliphatic hydroxyl groups is 1. The molecule has 1 aromatic heterocycles. The van der Waals surface area contributed by atoms with Crippen LogP contribution < -0.4 is 21.4 Å². The molecule has 3 aliphatic rings. The number of carbonyl (C=O) groups excluding carboxylic acids is 1. The number of aliphatic hydroxyl groups excluding tert-OH is 1. The van der Waals surface area contributed by atoms with Crippen LogP contribution in [0.5, 0.6) is 0 Å². The molecule has 45 heavy (non-hydrogen) atoms. The van der Waals surface area contributed by atoms with Crippen molar-refractivity contribution in [2.75, 3.05) is 18.5 Å². The van der Waals surface area contributed by atoms with Crippen LogP contribution in [0.4, 0.5) is 10.2 Å². The molecular formula is C32H40FN4O6PSi. The Morgan fingerprint density at radius 1 is 1.13 bits per heavy atom. The van der Waals surface area contributed by atoms with E-state index in [0.29, 0.717) is 0 Å². The molecule has 0 bridgehead atoms. The average molecular weight is 655 g/mol. The van der Waals surface area contributed by atoms with Crippen molar-refractivity contribution in [1.29, 1.82) is 0 Å². The highest BCUT2D eigenvalue weighted by Gasteiger charge is 2.54. The van der Waals surface area contributed by atoms with E-state index in [2.05, 4.69) is 70.0 Å². The van der Waals surface area contributed by atoms with Crippen LogP contribution in [0.25, 0.3) is 0 Å². The predicted molar refractivity (Wildman–Crippen MR) is 173 cm³/mol. The highest BCUT2D eigenvalue weighted by Crippen LogP contribution is 2.59. The van der Waals surface area contributed by atoms with Crippen molar-refractivity contribution >= 4 is 38.7 Å². The van der Waals surface area contributed by atoms with E-state index < -0.39 is 53.5 Å². The van der Waals surface area contributed by atoms with Gasteiger partial charge in [-0.05, 0) is 25.0 Å². The first-order chi connectivity index (χ1) is 21.7. The molecule has 0 spiro atoms. The summed E-state index contributed by atoms with van der Waals surface area (Å²) in [5.74, 6) is -0.514. The van der Waals surface area contributed by atoms with Crippen molar-refractivity contribution in [1.82, 2.24) is 14.2 Å². The number of nitrogens with one attached hydrogen (secondary N) is 1. The quantitative estimate of drug-likeness (QED) is 0.253. The third-order valence-corrected chi connectivity index (χ3v) is 15.3. The minimum Gasteiger partial charge on any atom is -0.394 e. The molecule has 13 heteroatoms. The molecular weight excluding hydrogens is 614 g/mol. The lowest BCUT2D eigenvalue weighted by Crippen LogP contribution is -2.58. The second-order valence-corrected chi connectivity index (χ2v) is 18.1. The Balaban J connectivity index is 1.20. The number of benzene rings is 2. The number of ether oxygens (including phenoxy) is 1. The van der Waals surface area contributed by atoms with Crippen molar-refractivity contribution in [2.45, 2.75) is 76.0 Å². The summed E-state index contributed by atoms with van der Waals surface area (Å²) in [6.07, 6.45) is -2.07. The molecule has 1 amide bonds. The van der Waals surface area contributed by atoms with Gasteiger partial charge in [0.1, 0.15) is 26.1 Å². The number of alkyl halides is 1. The van der Waals surface area contributed by atoms with Crippen molar-refractivity contribution in [3.05, 3.63) is 83.4 Å². The Hall–Kier alpha value is -2.83. The lowest BCUT2D eigenvalue weighted by molar-refractivity contribution is -0.118. The van der Waals surface area contributed by atoms with Crippen LogP contribution in [0.3, 0.4) is 0 Å². The van der Waals surface area contributed by atoms with E-state index in [1.54, 1.807) is 13.8 Å². The van der Waals surface area contributed by atoms with Gasteiger partial charge in [-0.25, -0.2) is 13.9 Å². The van der Waals surface area contributed by atoms with Gasteiger partial charge in [0.15, 0.2) is 12.4 Å². The van der Waals surface area contributed by atoms with Gasteiger partial charge >= 0.3 is 5.69 Å². The highest BCUT2D eigenvalue weighted by molar-refractivity contribution is 7.45. The first kappa shape index (κ1) is 32.1. The second kappa shape index (κ2) is 13.5. The minimum atomic E-state index is -2.22. The molecule has 6 rings (SSSR count). The average Bonchev–Trinajstić information content (AvgIpc) is 3.74. The van der Waals surface area contributed by atoms with Crippen molar-refractivity contribution in [3.63, 3.8) is 0 Å². The van der Waals surface area contributed by atoms with Crippen LogP contribution in [0.2, 0.25) is 12.6 Å². The number of carbonyl (C=O) groups is 1. The fourth-order valence-corrected chi connectivity index (χ4v) is 12.5. The molecule has 3 saturated heterocycles. The van der Waals surface area contributed by atoms with Gasteiger partial charge in [-0.2, -0.15) is 4.98 Å². The Morgan fingerprint density at radius 3 is 2.40 bits per heavy atom. The Labute approximate surface area is 264 Å². The summed E-state index contributed by atoms with van der Waals surface area (Å²) in [6, 6.07) is 23.6. The predicted octanol–water partition coefficient (Wildman–Crippen LogP) is 3.43. The van der Waals surface area contributed by atoms with Gasteiger partial charge in [0.05, 0.1) is 12.7 Å².